The Morgan fingerprint density at radius 2 is 2.15 bits per heavy atom. The second-order valence-electron chi connectivity index (χ2n) is 5.25. The topological polar surface area (TPSA) is 77.0 Å². The van der Waals surface area contributed by atoms with E-state index < -0.39 is 0 Å². The van der Waals surface area contributed by atoms with Gasteiger partial charge in [0.05, 0.1) is 12.1 Å². The zero-order valence-electron chi connectivity index (χ0n) is 11.4. The molecule has 1 fully saturated rings. The van der Waals surface area contributed by atoms with E-state index in [9.17, 15) is 4.79 Å². The van der Waals surface area contributed by atoms with Crippen LogP contribution in [-0.4, -0.2) is 39.0 Å². The Morgan fingerprint density at radius 1 is 1.30 bits per heavy atom. The first-order valence-corrected chi connectivity index (χ1v) is 7.06. The van der Waals surface area contributed by atoms with Crippen LogP contribution in [0.5, 0.6) is 0 Å². The molecule has 1 atom stereocenters. The summed E-state index contributed by atoms with van der Waals surface area (Å²) in [6, 6.07) is 7.63. The molecule has 2 aromatic rings. The van der Waals surface area contributed by atoms with Crippen LogP contribution in [0.4, 0.5) is 0 Å². The average molecular weight is 273 g/mol. The second-order valence-corrected chi connectivity index (χ2v) is 5.25. The van der Waals surface area contributed by atoms with E-state index in [0.717, 1.165) is 19.4 Å². The highest BCUT2D eigenvalue weighted by Crippen LogP contribution is 2.16. The number of piperidine rings is 1. The van der Waals surface area contributed by atoms with Crippen LogP contribution >= 0.6 is 0 Å². The Labute approximate surface area is 117 Å². The van der Waals surface area contributed by atoms with Gasteiger partial charge >= 0.3 is 0 Å². The van der Waals surface area contributed by atoms with Crippen LogP contribution in [0, 0.1) is 0 Å². The Hall–Kier alpha value is -1.79. The molecule has 0 saturated carbocycles. The van der Waals surface area contributed by atoms with Crippen molar-refractivity contribution < 1.29 is 0 Å². The van der Waals surface area contributed by atoms with Crippen molar-refractivity contribution in [1.29, 1.82) is 0 Å². The highest BCUT2D eigenvalue weighted by Gasteiger charge is 2.22. The van der Waals surface area contributed by atoms with Gasteiger partial charge in [0.25, 0.3) is 5.56 Å². The number of likely N-dealkylation sites (tertiary alicyclic amines) is 1. The maximum absolute atomic E-state index is 12.4. The highest BCUT2D eigenvalue weighted by molar-refractivity contribution is 5.76. The summed E-state index contributed by atoms with van der Waals surface area (Å²) in [5.74, 6) is 0. The monoisotopic (exact) mass is 273 g/mol. The molecule has 1 aliphatic rings. The molecule has 1 aliphatic heterocycles. The van der Waals surface area contributed by atoms with Gasteiger partial charge in [-0.1, -0.05) is 23.8 Å². The quantitative estimate of drug-likeness (QED) is 0.884. The normalized spacial score (nSPS) is 20.4. The number of nitrogens with zero attached hydrogens (tertiary/aromatic N) is 4. The lowest BCUT2D eigenvalue weighted by Crippen LogP contribution is -2.46. The number of hydrogen-bond acceptors (Lipinski definition) is 5. The number of benzene rings is 1. The number of rotatable bonds is 3. The SMILES string of the molecule is NCC1CCCCN1Cn1nnc2ccccc2c1=O. The molecule has 1 aromatic carbocycles. The summed E-state index contributed by atoms with van der Waals surface area (Å²) in [7, 11) is 0. The van der Waals surface area contributed by atoms with Crippen molar-refractivity contribution in [2.75, 3.05) is 13.1 Å². The molecule has 0 bridgehead atoms. The first-order chi connectivity index (χ1) is 9.79. The number of aromatic nitrogens is 3. The minimum absolute atomic E-state index is 0.0862. The molecule has 3 rings (SSSR count). The molecule has 6 nitrogen and oxygen atoms in total. The van der Waals surface area contributed by atoms with Crippen molar-refractivity contribution in [2.24, 2.45) is 5.73 Å². The molecule has 0 radical (unpaired) electrons. The molecule has 106 valence electrons. The Morgan fingerprint density at radius 3 is 3.00 bits per heavy atom. The summed E-state index contributed by atoms with van der Waals surface area (Å²) in [6.45, 7) is 2.05. The molecule has 1 aromatic heterocycles. The van der Waals surface area contributed by atoms with E-state index in [1.54, 1.807) is 12.1 Å². The molecule has 0 aliphatic carbocycles. The average Bonchev–Trinajstić information content (AvgIpc) is 2.51. The Bertz CT molecular complexity index is 653. The Kier molecular flexibility index (Phi) is 3.75. The van der Waals surface area contributed by atoms with E-state index in [4.69, 9.17) is 5.73 Å². The maximum Gasteiger partial charge on any atom is 0.278 e. The predicted octanol–water partition coefficient (Wildman–Crippen LogP) is 0.562. The molecule has 6 heteroatoms. The van der Waals surface area contributed by atoms with Crippen LogP contribution in [0.2, 0.25) is 0 Å². The van der Waals surface area contributed by atoms with Crippen molar-refractivity contribution in [3.05, 3.63) is 34.6 Å². The molecule has 0 amide bonds. The lowest BCUT2D eigenvalue weighted by Gasteiger charge is -2.34. The van der Waals surface area contributed by atoms with Crippen LogP contribution in [0.25, 0.3) is 10.9 Å². The molecular weight excluding hydrogens is 254 g/mol. The van der Waals surface area contributed by atoms with Gasteiger partial charge in [0.15, 0.2) is 0 Å². The van der Waals surface area contributed by atoms with Gasteiger partial charge in [0, 0.05) is 19.1 Å². The lowest BCUT2D eigenvalue weighted by molar-refractivity contribution is 0.105. The molecule has 2 N–H and O–H groups in total. The van der Waals surface area contributed by atoms with Crippen molar-refractivity contribution in [1.82, 2.24) is 19.9 Å². The molecular formula is C14H19N5O. The lowest BCUT2D eigenvalue weighted by atomic mass is 10.0. The zero-order chi connectivity index (χ0) is 13.9. The Balaban J connectivity index is 1.90. The smallest absolute Gasteiger partial charge is 0.278 e. The fourth-order valence-electron chi connectivity index (χ4n) is 2.80. The van der Waals surface area contributed by atoms with E-state index in [2.05, 4.69) is 15.2 Å². The summed E-state index contributed by atoms with van der Waals surface area (Å²) < 4.78 is 1.44. The standard InChI is InChI=1S/C14H19N5O/c15-9-11-5-3-4-8-18(11)10-19-14(20)12-6-1-2-7-13(12)16-17-19/h1-2,6-7,11H,3-5,8-10,15H2. The number of hydrogen-bond donors (Lipinski definition) is 1. The minimum atomic E-state index is -0.0862. The van der Waals surface area contributed by atoms with E-state index in [0.29, 0.717) is 30.2 Å². The first kappa shape index (κ1) is 13.2. The first-order valence-electron chi connectivity index (χ1n) is 7.06. The molecule has 0 spiro atoms. The second kappa shape index (κ2) is 5.68. The van der Waals surface area contributed by atoms with Crippen molar-refractivity contribution in [3.8, 4) is 0 Å². The summed E-state index contributed by atoms with van der Waals surface area (Å²) in [5.41, 5.74) is 6.37. The van der Waals surface area contributed by atoms with Gasteiger partial charge in [-0.3, -0.25) is 9.69 Å². The van der Waals surface area contributed by atoms with E-state index in [1.807, 2.05) is 12.1 Å². The van der Waals surface area contributed by atoms with Gasteiger partial charge in [0.2, 0.25) is 0 Å². The van der Waals surface area contributed by atoms with Gasteiger partial charge < -0.3 is 5.73 Å². The summed E-state index contributed by atoms with van der Waals surface area (Å²) in [5, 5.41) is 8.77. The van der Waals surface area contributed by atoms with Gasteiger partial charge in [0.1, 0.15) is 5.52 Å². The molecule has 1 saturated heterocycles. The van der Waals surface area contributed by atoms with Crippen LogP contribution in [0.3, 0.4) is 0 Å². The van der Waals surface area contributed by atoms with Gasteiger partial charge in [-0.05, 0) is 25.0 Å². The minimum Gasteiger partial charge on any atom is -0.329 e. The van der Waals surface area contributed by atoms with Crippen molar-refractivity contribution in [3.63, 3.8) is 0 Å². The fourth-order valence-corrected chi connectivity index (χ4v) is 2.80. The summed E-state index contributed by atoms with van der Waals surface area (Å²) in [6.07, 6.45) is 3.44. The van der Waals surface area contributed by atoms with Crippen LogP contribution in [0.15, 0.2) is 29.1 Å². The zero-order valence-corrected chi connectivity index (χ0v) is 11.4. The number of nitrogens with two attached hydrogens (primary N) is 1. The predicted molar refractivity (Wildman–Crippen MR) is 77.2 cm³/mol. The third-order valence-electron chi connectivity index (χ3n) is 3.97. The van der Waals surface area contributed by atoms with Gasteiger partial charge in [-0.15, -0.1) is 5.10 Å². The molecule has 1 unspecified atom stereocenters. The van der Waals surface area contributed by atoms with E-state index in [1.165, 1.54) is 11.1 Å². The van der Waals surface area contributed by atoms with E-state index >= 15 is 0 Å². The van der Waals surface area contributed by atoms with Crippen molar-refractivity contribution in [2.45, 2.75) is 32.0 Å². The van der Waals surface area contributed by atoms with Crippen LogP contribution in [-0.2, 0) is 6.67 Å². The fraction of sp³-hybridized carbons (Fsp3) is 0.500. The summed E-state index contributed by atoms with van der Waals surface area (Å²) >= 11 is 0. The van der Waals surface area contributed by atoms with Crippen LogP contribution < -0.4 is 11.3 Å². The highest BCUT2D eigenvalue weighted by atomic mass is 16.1. The van der Waals surface area contributed by atoms with Gasteiger partial charge in [-0.25, -0.2) is 0 Å². The molecule has 2 heterocycles. The third-order valence-corrected chi connectivity index (χ3v) is 3.97. The van der Waals surface area contributed by atoms with Gasteiger partial charge in [-0.2, -0.15) is 4.68 Å². The van der Waals surface area contributed by atoms with Crippen molar-refractivity contribution >= 4 is 10.9 Å². The third kappa shape index (κ3) is 2.44. The van der Waals surface area contributed by atoms with Crippen LogP contribution in [0.1, 0.15) is 19.3 Å². The molecule has 20 heavy (non-hydrogen) atoms. The summed E-state index contributed by atoms with van der Waals surface area (Å²) in [4.78, 5) is 14.6. The number of fused-ring (bicyclic) bond motifs is 1. The maximum atomic E-state index is 12.4. The van der Waals surface area contributed by atoms with E-state index in [-0.39, 0.29) is 5.56 Å². The largest absolute Gasteiger partial charge is 0.329 e.